The average Bonchev–Trinajstić information content (AvgIpc) is 1.81. The molecule has 0 aliphatic rings. The maximum Gasteiger partial charge on any atom is 0.235 e. The van der Waals surface area contributed by atoms with Crippen molar-refractivity contribution in [1.82, 2.24) is 5.32 Å². The molecule has 0 aromatic carbocycles. The Kier molecular flexibility index (Phi) is 4.19. The first-order valence-corrected chi connectivity index (χ1v) is 6.30. The fourth-order valence-corrected chi connectivity index (χ4v) is 1.30. The number of alkyl halides is 1. The van der Waals surface area contributed by atoms with Gasteiger partial charge in [0.15, 0.2) is 9.84 Å². The fraction of sp³-hybridized carbons (Fsp3) is 0.857. The number of amides is 1. The van der Waals surface area contributed by atoms with Gasteiger partial charge in [0, 0.05) is 17.7 Å². The molecule has 0 aromatic heterocycles. The van der Waals surface area contributed by atoms with E-state index in [4.69, 9.17) is 11.6 Å². The summed E-state index contributed by atoms with van der Waals surface area (Å²) in [5.74, 6) is -0.774. The van der Waals surface area contributed by atoms with Crippen molar-refractivity contribution in [3.05, 3.63) is 0 Å². The zero-order chi connectivity index (χ0) is 10.7. The number of sulfone groups is 1. The van der Waals surface area contributed by atoms with E-state index in [1.54, 1.807) is 13.8 Å². The largest absolute Gasteiger partial charge is 0.349 e. The van der Waals surface area contributed by atoms with Crippen molar-refractivity contribution >= 4 is 27.3 Å². The lowest BCUT2D eigenvalue weighted by Gasteiger charge is -2.22. The molecule has 0 aliphatic heterocycles. The van der Waals surface area contributed by atoms with E-state index in [9.17, 15) is 13.2 Å². The summed E-state index contributed by atoms with van der Waals surface area (Å²) < 4.78 is 21.4. The number of carbonyl (C=O) groups excluding carboxylic acids is 1. The molecule has 0 radical (unpaired) electrons. The van der Waals surface area contributed by atoms with Gasteiger partial charge in [-0.15, -0.1) is 11.6 Å². The lowest BCUT2D eigenvalue weighted by molar-refractivity contribution is -0.119. The third-order valence-electron chi connectivity index (χ3n) is 1.21. The molecule has 0 saturated carbocycles. The number of halogens is 1. The second-order valence-electron chi connectivity index (χ2n) is 3.64. The molecule has 1 amide bonds. The monoisotopic (exact) mass is 227 g/mol. The summed E-state index contributed by atoms with van der Waals surface area (Å²) in [5, 5.41) is 2.51. The first-order chi connectivity index (χ1) is 5.66. The van der Waals surface area contributed by atoms with Gasteiger partial charge in [0.05, 0.1) is 0 Å². The lowest BCUT2D eigenvalue weighted by Crippen LogP contribution is -2.47. The molecule has 1 N–H and O–H groups in total. The van der Waals surface area contributed by atoms with Crippen LogP contribution in [0.25, 0.3) is 0 Å². The predicted molar refractivity (Wildman–Crippen MR) is 52.7 cm³/mol. The van der Waals surface area contributed by atoms with Gasteiger partial charge in [-0.05, 0) is 13.8 Å². The van der Waals surface area contributed by atoms with Crippen LogP contribution in [0.2, 0.25) is 0 Å². The highest BCUT2D eigenvalue weighted by Gasteiger charge is 2.20. The molecule has 0 unspecified atom stereocenters. The number of rotatable bonds is 4. The maximum atomic E-state index is 11.1. The molecule has 4 nitrogen and oxygen atoms in total. The summed E-state index contributed by atoms with van der Waals surface area (Å²) in [6.07, 6.45) is 1.01. The molecule has 13 heavy (non-hydrogen) atoms. The smallest absolute Gasteiger partial charge is 0.235 e. The third-order valence-corrected chi connectivity index (χ3v) is 2.66. The minimum Gasteiger partial charge on any atom is -0.349 e. The number of nitrogens with one attached hydrogen (secondary N) is 1. The standard InChI is InChI=1S/C7H14ClNO3S/c1-7(2,5-8)9-6(10)4-13(3,11)12/h4-5H2,1-3H3,(H,9,10). The van der Waals surface area contributed by atoms with E-state index in [0.717, 1.165) is 6.26 Å². The van der Waals surface area contributed by atoms with Crippen molar-refractivity contribution in [2.75, 3.05) is 17.9 Å². The van der Waals surface area contributed by atoms with Crippen LogP contribution < -0.4 is 5.32 Å². The number of carbonyl (C=O) groups is 1. The quantitative estimate of drug-likeness (QED) is 0.697. The lowest BCUT2D eigenvalue weighted by atomic mass is 10.1. The SMILES string of the molecule is CC(C)(CCl)NC(=O)CS(C)(=O)=O. The van der Waals surface area contributed by atoms with Gasteiger partial charge in [0.2, 0.25) is 5.91 Å². The number of hydrogen-bond donors (Lipinski definition) is 1. The Labute approximate surface area is 83.6 Å². The Morgan fingerprint density at radius 3 is 2.23 bits per heavy atom. The highest BCUT2D eigenvalue weighted by atomic mass is 35.5. The van der Waals surface area contributed by atoms with E-state index in [1.165, 1.54) is 0 Å². The molecule has 0 saturated heterocycles. The van der Waals surface area contributed by atoms with Crippen molar-refractivity contribution in [3.8, 4) is 0 Å². The van der Waals surface area contributed by atoms with Crippen LogP contribution in [0.4, 0.5) is 0 Å². The minimum atomic E-state index is -3.26. The minimum absolute atomic E-state index is 0.239. The van der Waals surface area contributed by atoms with E-state index in [1.807, 2.05) is 0 Å². The van der Waals surface area contributed by atoms with E-state index >= 15 is 0 Å². The van der Waals surface area contributed by atoms with Crippen LogP contribution in [0.15, 0.2) is 0 Å². The van der Waals surface area contributed by atoms with Crippen molar-refractivity contribution < 1.29 is 13.2 Å². The first-order valence-electron chi connectivity index (χ1n) is 3.71. The molecule has 0 fully saturated rings. The van der Waals surface area contributed by atoms with Crippen LogP contribution in [-0.4, -0.2) is 37.8 Å². The van der Waals surface area contributed by atoms with Gasteiger partial charge in [-0.25, -0.2) is 8.42 Å². The summed E-state index contributed by atoms with van der Waals surface area (Å²) in [5.41, 5.74) is -0.566. The van der Waals surface area contributed by atoms with Crippen LogP contribution in [-0.2, 0) is 14.6 Å². The predicted octanol–water partition coefficient (Wildman–Crippen LogP) is 0.165. The Bertz CT molecular complexity index is 284. The first kappa shape index (κ1) is 12.7. The van der Waals surface area contributed by atoms with Crippen LogP contribution in [0, 0.1) is 0 Å². The van der Waals surface area contributed by atoms with Crippen molar-refractivity contribution in [3.63, 3.8) is 0 Å². The fourth-order valence-electron chi connectivity index (χ4n) is 0.685. The molecule has 78 valence electrons. The third kappa shape index (κ3) is 6.83. The number of hydrogen-bond acceptors (Lipinski definition) is 3. The zero-order valence-electron chi connectivity index (χ0n) is 7.93. The summed E-state index contributed by atoms with van der Waals surface area (Å²) in [6.45, 7) is 3.44. The highest BCUT2D eigenvalue weighted by molar-refractivity contribution is 7.91. The molecular formula is C7H14ClNO3S. The summed E-state index contributed by atoms with van der Waals surface area (Å²) in [6, 6.07) is 0. The molecule has 0 spiro atoms. The average molecular weight is 228 g/mol. The van der Waals surface area contributed by atoms with Crippen molar-refractivity contribution in [2.45, 2.75) is 19.4 Å². The molecule has 0 aliphatic carbocycles. The van der Waals surface area contributed by atoms with Crippen LogP contribution in [0.1, 0.15) is 13.8 Å². The zero-order valence-corrected chi connectivity index (χ0v) is 9.50. The van der Waals surface area contributed by atoms with Gasteiger partial charge >= 0.3 is 0 Å². The highest BCUT2D eigenvalue weighted by Crippen LogP contribution is 2.03. The normalized spacial score (nSPS) is 12.6. The van der Waals surface area contributed by atoms with Crippen LogP contribution in [0.3, 0.4) is 0 Å². The second kappa shape index (κ2) is 4.28. The van der Waals surface area contributed by atoms with Crippen LogP contribution >= 0.6 is 11.6 Å². The van der Waals surface area contributed by atoms with E-state index in [2.05, 4.69) is 5.32 Å². The van der Waals surface area contributed by atoms with Gasteiger partial charge in [0.25, 0.3) is 0 Å². The molecule has 0 aromatic rings. The van der Waals surface area contributed by atoms with Crippen molar-refractivity contribution in [1.29, 1.82) is 0 Å². The Balaban J connectivity index is 4.19. The van der Waals surface area contributed by atoms with Gasteiger partial charge < -0.3 is 5.32 Å². The van der Waals surface area contributed by atoms with Crippen LogP contribution in [0.5, 0.6) is 0 Å². The topological polar surface area (TPSA) is 63.2 Å². The molecule has 0 bridgehead atoms. The Morgan fingerprint density at radius 1 is 1.46 bits per heavy atom. The molecule has 0 atom stereocenters. The molecule has 6 heteroatoms. The summed E-state index contributed by atoms with van der Waals surface area (Å²) in [7, 11) is -3.26. The second-order valence-corrected chi connectivity index (χ2v) is 6.04. The van der Waals surface area contributed by atoms with E-state index < -0.39 is 27.0 Å². The van der Waals surface area contributed by atoms with Gasteiger partial charge in [-0.1, -0.05) is 0 Å². The van der Waals surface area contributed by atoms with Gasteiger partial charge in [-0.3, -0.25) is 4.79 Å². The molecular weight excluding hydrogens is 214 g/mol. The van der Waals surface area contributed by atoms with Gasteiger partial charge in [-0.2, -0.15) is 0 Å². The van der Waals surface area contributed by atoms with E-state index in [-0.39, 0.29) is 5.88 Å². The summed E-state index contributed by atoms with van der Waals surface area (Å²) in [4.78, 5) is 11.1. The Morgan fingerprint density at radius 2 is 1.92 bits per heavy atom. The summed E-state index contributed by atoms with van der Waals surface area (Å²) >= 11 is 5.54. The van der Waals surface area contributed by atoms with E-state index in [0.29, 0.717) is 0 Å². The maximum absolute atomic E-state index is 11.1. The van der Waals surface area contributed by atoms with Gasteiger partial charge in [0.1, 0.15) is 5.75 Å². The Hall–Kier alpha value is -0.290. The molecule has 0 heterocycles. The van der Waals surface area contributed by atoms with Crippen molar-refractivity contribution in [2.24, 2.45) is 0 Å². The molecule has 0 rings (SSSR count).